The summed E-state index contributed by atoms with van der Waals surface area (Å²) in [5.74, 6) is 0.338. The van der Waals surface area contributed by atoms with E-state index in [4.69, 9.17) is 8.92 Å². The Morgan fingerprint density at radius 2 is 2.14 bits per heavy atom. The maximum Gasteiger partial charge on any atom is 0.412 e. The van der Waals surface area contributed by atoms with E-state index in [-0.39, 0.29) is 6.73 Å². The highest BCUT2D eigenvalue weighted by Gasteiger charge is 2.34. The smallest absolute Gasteiger partial charge is 0.364 e. The number of nitrogens with zero attached hydrogens (tertiary/aromatic N) is 1. The molecule has 0 aliphatic carbocycles. The SMILES string of the molecule is COCN1c2ccccc2OS1(=O)=O. The number of hydrogen-bond donors (Lipinski definition) is 0. The normalized spacial score (nSPS) is 17.6. The molecule has 0 atom stereocenters. The molecule has 1 aliphatic rings. The molecular weight excluding hydrogens is 206 g/mol. The van der Waals surface area contributed by atoms with E-state index in [2.05, 4.69) is 0 Å². The van der Waals surface area contributed by atoms with E-state index in [9.17, 15) is 8.42 Å². The van der Waals surface area contributed by atoms with Crippen molar-refractivity contribution in [1.82, 2.24) is 0 Å². The number of fused-ring (bicyclic) bond motifs is 1. The van der Waals surface area contributed by atoms with Gasteiger partial charge in [-0.3, -0.25) is 0 Å². The molecule has 0 N–H and O–H groups in total. The summed E-state index contributed by atoms with van der Waals surface area (Å²) in [5, 5.41) is 0. The minimum atomic E-state index is -3.70. The maximum atomic E-state index is 11.4. The van der Waals surface area contributed by atoms with Crippen molar-refractivity contribution in [2.24, 2.45) is 0 Å². The number of methoxy groups -OCH3 is 1. The zero-order chi connectivity index (χ0) is 10.2. The molecule has 0 fully saturated rings. The molecule has 0 saturated heterocycles. The van der Waals surface area contributed by atoms with E-state index in [0.29, 0.717) is 11.4 Å². The first kappa shape index (κ1) is 9.29. The second kappa shape index (κ2) is 3.14. The lowest BCUT2D eigenvalue weighted by Crippen LogP contribution is -2.30. The molecule has 0 spiro atoms. The number of rotatable bonds is 2. The fourth-order valence-electron chi connectivity index (χ4n) is 1.26. The molecule has 1 heterocycles. The summed E-state index contributed by atoms with van der Waals surface area (Å²) < 4.78 is 33.5. The molecule has 2 rings (SSSR count). The van der Waals surface area contributed by atoms with E-state index in [1.165, 1.54) is 7.11 Å². The second-order valence-corrected chi connectivity index (χ2v) is 4.24. The molecule has 1 aliphatic heterocycles. The average Bonchev–Trinajstić information content (AvgIpc) is 2.39. The Labute approximate surface area is 82.1 Å². The maximum absolute atomic E-state index is 11.4. The fourth-order valence-corrected chi connectivity index (χ4v) is 2.35. The van der Waals surface area contributed by atoms with Crippen LogP contribution in [0.5, 0.6) is 5.75 Å². The molecule has 1 aromatic carbocycles. The first-order chi connectivity index (χ1) is 6.65. The lowest BCUT2D eigenvalue weighted by Gasteiger charge is -2.12. The zero-order valence-electron chi connectivity index (χ0n) is 7.50. The molecule has 0 aromatic heterocycles. The van der Waals surface area contributed by atoms with Crippen molar-refractivity contribution in [2.45, 2.75) is 0 Å². The van der Waals surface area contributed by atoms with Crippen LogP contribution in [-0.4, -0.2) is 22.3 Å². The van der Waals surface area contributed by atoms with Crippen LogP contribution in [0.1, 0.15) is 0 Å². The molecular formula is C8H9NO4S. The van der Waals surface area contributed by atoms with Gasteiger partial charge in [-0.15, -0.1) is 0 Å². The van der Waals surface area contributed by atoms with Crippen LogP contribution in [0.3, 0.4) is 0 Å². The summed E-state index contributed by atoms with van der Waals surface area (Å²) in [6.07, 6.45) is 0. The van der Waals surface area contributed by atoms with E-state index >= 15 is 0 Å². The molecule has 6 heteroatoms. The Morgan fingerprint density at radius 1 is 1.43 bits per heavy atom. The monoisotopic (exact) mass is 215 g/mol. The molecule has 14 heavy (non-hydrogen) atoms. The molecule has 0 amide bonds. The van der Waals surface area contributed by atoms with Crippen LogP contribution in [0, 0.1) is 0 Å². The third kappa shape index (κ3) is 1.32. The van der Waals surface area contributed by atoms with Gasteiger partial charge in [0.1, 0.15) is 12.4 Å². The van der Waals surface area contributed by atoms with Crippen LogP contribution in [-0.2, 0) is 15.0 Å². The second-order valence-electron chi connectivity index (χ2n) is 2.78. The van der Waals surface area contributed by atoms with E-state index in [1.807, 2.05) is 0 Å². The van der Waals surface area contributed by atoms with Gasteiger partial charge in [-0.2, -0.15) is 8.42 Å². The molecule has 5 nitrogen and oxygen atoms in total. The van der Waals surface area contributed by atoms with Gasteiger partial charge >= 0.3 is 10.3 Å². The van der Waals surface area contributed by atoms with Crippen molar-refractivity contribution in [2.75, 3.05) is 18.1 Å². The minimum absolute atomic E-state index is 0.0423. The number of ether oxygens (including phenoxy) is 1. The lowest BCUT2D eigenvalue weighted by atomic mass is 10.3. The summed E-state index contributed by atoms with van der Waals surface area (Å²) in [5.41, 5.74) is 0.509. The number of hydrogen-bond acceptors (Lipinski definition) is 4. The van der Waals surface area contributed by atoms with Gasteiger partial charge in [0.2, 0.25) is 0 Å². The topological polar surface area (TPSA) is 55.8 Å². The van der Waals surface area contributed by atoms with Gasteiger partial charge < -0.3 is 8.92 Å². The summed E-state index contributed by atoms with van der Waals surface area (Å²) in [6.45, 7) is -0.0423. The van der Waals surface area contributed by atoms with Crippen molar-refractivity contribution < 1.29 is 17.3 Å². The largest absolute Gasteiger partial charge is 0.412 e. The first-order valence-corrected chi connectivity index (χ1v) is 5.32. The third-order valence-electron chi connectivity index (χ3n) is 1.85. The predicted molar refractivity (Wildman–Crippen MR) is 50.3 cm³/mol. The van der Waals surface area contributed by atoms with Crippen LogP contribution in [0.4, 0.5) is 5.69 Å². The summed E-state index contributed by atoms with van der Waals surface area (Å²) in [6, 6.07) is 6.72. The van der Waals surface area contributed by atoms with E-state index < -0.39 is 10.3 Å². The van der Waals surface area contributed by atoms with Crippen LogP contribution in [0.25, 0.3) is 0 Å². The zero-order valence-corrected chi connectivity index (χ0v) is 8.32. The Kier molecular flexibility index (Phi) is 2.09. The average molecular weight is 215 g/mol. The molecule has 1 aromatic rings. The molecule has 76 valence electrons. The van der Waals surface area contributed by atoms with Crippen LogP contribution in [0.15, 0.2) is 24.3 Å². The highest BCUT2D eigenvalue weighted by molar-refractivity contribution is 7.88. The number of para-hydroxylation sites is 2. The number of benzene rings is 1. The fraction of sp³-hybridized carbons (Fsp3) is 0.250. The Hall–Kier alpha value is -1.27. The predicted octanol–water partition coefficient (Wildman–Crippen LogP) is 0.734. The van der Waals surface area contributed by atoms with Gasteiger partial charge in [0.05, 0.1) is 0 Å². The summed E-state index contributed by atoms with van der Waals surface area (Å²) in [4.78, 5) is 0. The van der Waals surface area contributed by atoms with Crippen molar-refractivity contribution in [3.8, 4) is 5.75 Å². The summed E-state index contributed by atoms with van der Waals surface area (Å²) >= 11 is 0. The quantitative estimate of drug-likeness (QED) is 0.730. The Balaban J connectivity index is 2.48. The summed E-state index contributed by atoms with van der Waals surface area (Å²) in [7, 11) is -2.27. The van der Waals surface area contributed by atoms with Crippen molar-refractivity contribution >= 4 is 16.0 Å². The van der Waals surface area contributed by atoms with Gasteiger partial charge in [-0.1, -0.05) is 12.1 Å². The Bertz CT molecular complexity index is 442. The Morgan fingerprint density at radius 3 is 2.86 bits per heavy atom. The lowest BCUT2D eigenvalue weighted by molar-refractivity contribution is 0.209. The molecule has 0 radical (unpaired) electrons. The van der Waals surface area contributed by atoms with Gasteiger partial charge in [0.15, 0.2) is 5.75 Å². The highest BCUT2D eigenvalue weighted by atomic mass is 32.2. The highest BCUT2D eigenvalue weighted by Crippen LogP contribution is 2.37. The van der Waals surface area contributed by atoms with E-state index in [0.717, 1.165) is 4.31 Å². The minimum Gasteiger partial charge on any atom is -0.364 e. The molecule has 0 unspecified atom stereocenters. The third-order valence-corrected chi connectivity index (χ3v) is 3.08. The molecule has 0 saturated carbocycles. The van der Waals surface area contributed by atoms with Gasteiger partial charge in [-0.05, 0) is 12.1 Å². The van der Waals surface area contributed by atoms with Crippen molar-refractivity contribution in [3.63, 3.8) is 0 Å². The number of anilines is 1. The van der Waals surface area contributed by atoms with Crippen molar-refractivity contribution in [3.05, 3.63) is 24.3 Å². The van der Waals surface area contributed by atoms with Crippen LogP contribution >= 0.6 is 0 Å². The van der Waals surface area contributed by atoms with Crippen LogP contribution < -0.4 is 8.49 Å². The van der Waals surface area contributed by atoms with Gasteiger partial charge in [-0.25, -0.2) is 4.31 Å². The van der Waals surface area contributed by atoms with Crippen molar-refractivity contribution in [1.29, 1.82) is 0 Å². The van der Waals surface area contributed by atoms with E-state index in [1.54, 1.807) is 24.3 Å². The van der Waals surface area contributed by atoms with Gasteiger partial charge in [0.25, 0.3) is 0 Å². The standard InChI is InChI=1S/C8H9NO4S/c1-12-6-9-7-4-2-3-5-8(7)13-14(9,10)11/h2-5H,6H2,1H3. The first-order valence-electron chi connectivity index (χ1n) is 3.95. The molecule has 0 bridgehead atoms. The van der Waals surface area contributed by atoms with Crippen LogP contribution in [0.2, 0.25) is 0 Å². The van der Waals surface area contributed by atoms with Gasteiger partial charge in [0, 0.05) is 7.11 Å².